The Kier molecular flexibility index (Phi) is 8.27. The van der Waals surface area contributed by atoms with E-state index in [1.807, 2.05) is 25.1 Å². The maximum absolute atomic E-state index is 13.2. The third kappa shape index (κ3) is 6.44. The number of nitrogens with zero attached hydrogens (tertiary/aromatic N) is 2. The third-order valence-corrected chi connectivity index (χ3v) is 5.27. The van der Waals surface area contributed by atoms with Crippen LogP contribution in [-0.2, 0) is 16.1 Å². The van der Waals surface area contributed by atoms with E-state index in [4.69, 9.17) is 9.47 Å². The molecule has 1 aliphatic heterocycles. The second-order valence-corrected chi connectivity index (χ2v) is 7.74. The van der Waals surface area contributed by atoms with E-state index >= 15 is 0 Å². The van der Waals surface area contributed by atoms with Crippen molar-refractivity contribution in [3.8, 4) is 11.5 Å². The number of carbonyl (C=O) groups excluding carboxylic acids is 2. The summed E-state index contributed by atoms with van der Waals surface area (Å²) in [6.07, 6.45) is 6.62. The molecule has 166 valence electrons. The molecule has 3 rings (SSSR count). The van der Waals surface area contributed by atoms with Crippen LogP contribution < -0.4 is 14.8 Å². The maximum atomic E-state index is 13.2. The summed E-state index contributed by atoms with van der Waals surface area (Å²) in [4.78, 5) is 31.4. The molecule has 1 aliphatic rings. The van der Waals surface area contributed by atoms with Crippen molar-refractivity contribution in [2.24, 2.45) is 0 Å². The van der Waals surface area contributed by atoms with Gasteiger partial charge in [0.2, 0.25) is 5.91 Å². The fourth-order valence-electron chi connectivity index (χ4n) is 3.64. The first-order valence-corrected chi connectivity index (χ1v) is 10.9. The monoisotopic (exact) mass is 425 g/mol. The molecule has 1 atom stereocenters. The Morgan fingerprint density at radius 3 is 2.74 bits per heavy atom. The highest BCUT2D eigenvalue weighted by Crippen LogP contribution is 2.22. The van der Waals surface area contributed by atoms with Crippen LogP contribution in [-0.4, -0.2) is 47.5 Å². The molecule has 0 aliphatic carbocycles. The van der Waals surface area contributed by atoms with Gasteiger partial charge in [0.1, 0.15) is 17.5 Å². The first kappa shape index (κ1) is 22.6. The van der Waals surface area contributed by atoms with E-state index in [1.165, 1.54) is 0 Å². The molecule has 0 radical (unpaired) electrons. The summed E-state index contributed by atoms with van der Waals surface area (Å²) in [6, 6.07) is 8.80. The molecule has 2 amide bonds. The number of carbonyl (C=O) groups is 2. The predicted octanol–water partition coefficient (Wildman–Crippen LogP) is 3.26. The SMILES string of the molecule is CCCOc1ccc(CN(C(=O)COc2ccncc2)C2CCCCNC2=O)cc1C. The van der Waals surface area contributed by atoms with E-state index in [9.17, 15) is 9.59 Å². The smallest absolute Gasteiger partial charge is 0.261 e. The van der Waals surface area contributed by atoms with E-state index in [2.05, 4.69) is 17.2 Å². The van der Waals surface area contributed by atoms with Crippen LogP contribution in [0.4, 0.5) is 0 Å². The Hall–Kier alpha value is -3.09. The summed E-state index contributed by atoms with van der Waals surface area (Å²) in [7, 11) is 0. The lowest BCUT2D eigenvalue weighted by atomic mass is 10.1. The average Bonchev–Trinajstić information content (AvgIpc) is 3.00. The molecule has 1 aromatic carbocycles. The van der Waals surface area contributed by atoms with Gasteiger partial charge in [-0.05, 0) is 61.9 Å². The number of benzene rings is 1. The van der Waals surface area contributed by atoms with Gasteiger partial charge in [0.15, 0.2) is 6.61 Å². The first-order chi connectivity index (χ1) is 15.1. The van der Waals surface area contributed by atoms with Crippen LogP contribution in [0.3, 0.4) is 0 Å². The van der Waals surface area contributed by atoms with Gasteiger partial charge in [-0.25, -0.2) is 0 Å². The normalized spacial score (nSPS) is 16.2. The van der Waals surface area contributed by atoms with Crippen LogP contribution in [0.25, 0.3) is 0 Å². The van der Waals surface area contributed by atoms with Gasteiger partial charge in [0, 0.05) is 25.5 Å². The summed E-state index contributed by atoms with van der Waals surface area (Å²) >= 11 is 0. The number of hydrogen-bond acceptors (Lipinski definition) is 5. The van der Waals surface area contributed by atoms with Gasteiger partial charge in [-0.15, -0.1) is 0 Å². The van der Waals surface area contributed by atoms with Crippen LogP contribution in [0.15, 0.2) is 42.7 Å². The molecule has 7 nitrogen and oxygen atoms in total. The first-order valence-electron chi connectivity index (χ1n) is 10.9. The van der Waals surface area contributed by atoms with Crippen LogP contribution in [0.2, 0.25) is 0 Å². The van der Waals surface area contributed by atoms with Crippen molar-refractivity contribution < 1.29 is 19.1 Å². The van der Waals surface area contributed by atoms with E-state index in [0.717, 1.165) is 36.1 Å². The highest BCUT2D eigenvalue weighted by Gasteiger charge is 2.31. The minimum Gasteiger partial charge on any atom is -0.493 e. The molecule has 0 bridgehead atoms. The Labute approximate surface area is 183 Å². The summed E-state index contributed by atoms with van der Waals surface area (Å²) in [5.74, 6) is 1.09. The molecule has 1 saturated heterocycles. The van der Waals surface area contributed by atoms with Crippen molar-refractivity contribution in [3.63, 3.8) is 0 Å². The lowest BCUT2D eigenvalue weighted by Crippen LogP contribution is -2.49. The Morgan fingerprint density at radius 2 is 2.00 bits per heavy atom. The minimum atomic E-state index is -0.507. The molecular weight excluding hydrogens is 394 g/mol. The summed E-state index contributed by atoms with van der Waals surface area (Å²) in [5, 5.41) is 2.93. The number of pyridine rings is 1. The molecule has 0 saturated carbocycles. The molecule has 1 N–H and O–H groups in total. The van der Waals surface area contributed by atoms with Crippen molar-refractivity contribution >= 4 is 11.8 Å². The Balaban J connectivity index is 1.77. The number of rotatable bonds is 9. The Morgan fingerprint density at radius 1 is 1.19 bits per heavy atom. The third-order valence-electron chi connectivity index (χ3n) is 5.27. The highest BCUT2D eigenvalue weighted by molar-refractivity contribution is 5.88. The fraction of sp³-hybridized carbons (Fsp3) is 0.458. The minimum absolute atomic E-state index is 0.102. The molecule has 1 aromatic heterocycles. The van der Waals surface area contributed by atoms with E-state index in [0.29, 0.717) is 31.9 Å². The zero-order valence-electron chi connectivity index (χ0n) is 18.3. The maximum Gasteiger partial charge on any atom is 0.261 e. The number of aryl methyl sites for hydroxylation is 1. The summed E-state index contributed by atoms with van der Waals surface area (Å²) < 4.78 is 11.4. The van der Waals surface area contributed by atoms with Crippen LogP contribution in [0.1, 0.15) is 43.7 Å². The number of aromatic nitrogens is 1. The topological polar surface area (TPSA) is 80.8 Å². The Bertz CT molecular complexity index is 872. The molecule has 1 unspecified atom stereocenters. The van der Waals surface area contributed by atoms with Crippen LogP contribution in [0, 0.1) is 6.92 Å². The van der Waals surface area contributed by atoms with Gasteiger partial charge in [-0.2, -0.15) is 0 Å². The molecule has 1 fully saturated rings. The van der Waals surface area contributed by atoms with Gasteiger partial charge in [0.05, 0.1) is 6.61 Å². The van der Waals surface area contributed by atoms with E-state index < -0.39 is 6.04 Å². The molecular formula is C24H31N3O4. The number of hydrogen-bond donors (Lipinski definition) is 1. The summed E-state index contributed by atoms with van der Waals surface area (Å²) in [5.41, 5.74) is 1.97. The van der Waals surface area contributed by atoms with Crippen molar-refractivity contribution in [1.29, 1.82) is 0 Å². The van der Waals surface area contributed by atoms with Crippen LogP contribution >= 0.6 is 0 Å². The molecule has 7 heteroatoms. The lowest BCUT2D eigenvalue weighted by molar-refractivity contribution is -0.142. The van der Waals surface area contributed by atoms with Gasteiger partial charge in [0.25, 0.3) is 5.91 Å². The number of nitrogens with one attached hydrogen (secondary N) is 1. The second kappa shape index (κ2) is 11.3. The van der Waals surface area contributed by atoms with Gasteiger partial charge < -0.3 is 19.7 Å². The fourth-order valence-corrected chi connectivity index (χ4v) is 3.64. The quantitative estimate of drug-likeness (QED) is 0.667. The molecule has 2 aromatic rings. The van der Waals surface area contributed by atoms with Crippen molar-refractivity contribution in [2.45, 2.75) is 52.1 Å². The second-order valence-electron chi connectivity index (χ2n) is 7.74. The zero-order valence-corrected chi connectivity index (χ0v) is 18.3. The number of ether oxygens (including phenoxy) is 2. The number of amides is 2. The van der Waals surface area contributed by atoms with Crippen LogP contribution in [0.5, 0.6) is 11.5 Å². The molecule has 2 heterocycles. The predicted molar refractivity (Wildman–Crippen MR) is 118 cm³/mol. The van der Waals surface area contributed by atoms with E-state index in [-0.39, 0.29) is 18.4 Å². The molecule has 31 heavy (non-hydrogen) atoms. The largest absolute Gasteiger partial charge is 0.493 e. The standard InChI is InChI=1S/C24H31N3O4/c1-3-14-30-22-8-7-19(15-18(22)2)16-27(21-6-4-5-11-26-24(21)29)23(28)17-31-20-9-12-25-13-10-20/h7-10,12-13,15,21H,3-6,11,14,16-17H2,1-2H3,(H,26,29). The van der Waals surface area contributed by atoms with Crippen molar-refractivity contribution in [3.05, 3.63) is 53.9 Å². The molecule has 0 spiro atoms. The average molecular weight is 426 g/mol. The highest BCUT2D eigenvalue weighted by atomic mass is 16.5. The van der Waals surface area contributed by atoms with Gasteiger partial charge in [-0.3, -0.25) is 14.6 Å². The van der Waals surface area contributed by atoms with Gasteiger partial charge in [-0.1, -0.05) is 19.1 Å². The van der Waals surface area contributed by atoms with Gasteiger partial charge >= 0.3 is 0 Å². The van der Waals surface area contributed by atoms with Crippen molar-refractivity contribution in [2.75, 3.05) is 19.8 Å². The zero-order chi connectivity index (χ0) is 22.1. The summed E-state index contributed by atoms with van der Waals surface area (Å²) in [6.45, 7) is 5.58. The van der Waals surface area contributed by atoms with E-state index in [1.54, 1.807) is 29.4 Å². The lowest BCUT2D eigenvalue weighted by Gasteiger charge is -2.30. The van der Waals surface area contributed by atoms with Crippen molar-refractivity contribution in [1.82, 2.24) is 15.2 Å².